The first-order valence-electron chi connectivity index (χ1n) is 5.82. The van der Waals surface area contributed by atoms with Crippen molar-refractivity contribution in [2.75, 3.05) is 13.1 Å². The van der Waals surface area contributed by atoms with Crippen molar-refractivity contribution in [3.63, 3.8) is 0 Å². The van der Waals surface area contributed by atoms with Gasteiger partial charge in [-0.1, -0.05) is 30.3 Å². The van der Waals surface area contributed by atoms with Crippen molar-refractivity contribution in [1.29, 1.82) is 0 Å². The van der Waals surface area contributed by atoms with Crippen molar-refractivity contribution in [1.82, 2.24) is 4.31 Å². The average molecular weight is 262 g/mol. The van der Waals surface area contributed by atoms with Crippen molar-refractivity contribution in [2.45, 2.75) is 10.9 Å². The highest BCUT2D eigenvalue weighted by Crippen LogP contribution is 2.24. The molecule has 0 unspecified atom stereocenters. The molecule has 2 N–H and O–H groups in total. The zero-order valence-electron chi connectivity index (χ0n) is 9.78. The van der Waals surface area contributed by atoms with Gasteiger partial charge in [0.1, 0.15) is 0 Å². The van der Waals surface area contributed by atoms with Gasteiger partial charge in [-0.3, -0.25) is 0 Å². The molecule has 1 aliphatic rings. The van der Waals surface area contributed by atoms with Crippen LogP contribution in [-0.4, -0.2) is 31.9 Å². The largest absolute Gasteiger partial charge is 0.325 e. The summed E-state index contributed by atoms with van der Waals surface area (Å²) in [6.07, 6.45) is 0. The molecule has 0 radical (unpaired) electrons. The van der Waals surface area contributed by atoms with E-state index in [-0.39, 0.29) is 6.04 Å². The Morgan fingerprint density at radius 2 is 1.72 bits per heavy atom. The number of hydrogen-bond acceptors (Lipinski definition) is 3. The molecule has 1 aliphatic heterocycles. The standard InChI is InChI=1S/C13H14N2O2S/c14-12-8-15(9-12)18(16,17)13-6-5-10-3-1-2-4-11(10)7-13/h1-7,12H,8-9,14H2. The topological polar surface area (TPSA) is 63.4 Å². The lowest BCUT2D eigenvalue weighted by Crippen LogP contribution is -2.57. The van der Waals surface area contributed by atoms with Crippen molar-refractivity contribution >= 4 is 20.8 Å². The lowest BCUT2D eigenvalue weighted by Gasteiger charge is -2.35. The second-order valence-corrected chi connectivity index (χ2v) is 6.53. The van der Waals surface area contributed by atoms with Gasteiger partial charge in [-0.15, -0.1) is 0 Å². The zero-order chi connectivity index (χ0) is 12.8. The fourth-order valence-electron chi connectivity index (χ4n) is 2.14. The minimum atomic E-state index is -3.37. The van der Waals surface area contributed by atoms with E-state index in [0.29, 0.717) is 18.0 Å². The third-order valence-corrected chi connectivity index (χ3v) is 5.06. The van der Waals surface area contributed by atoms with Crippen LogP contribution in [0.25, 0.3) is 10.8 Å². The third kappa shape index (κ3) is 1.80. The number of hydrogen-bond donors (Lipinski definition) is 1. The smallest absolute Gasteiger partial charge is 0.243 e. The molecular formula is C13H14N2O2S. The highest BCUT2D eigenvalue weighted by atomic mass is 32.2. The van der Waals surface area contributed by atoms with Crippen LogP contribution in [0, 0.1) is 0 Å². The predicted octanol–water partition coefficient (Wildman–Crippen LogP) is 1.17. The first kappa shape index (κ1) is 11.6. The van der Waals surface area contributed by atoms with E-state index in [1.54, 1.807) is 12.1 Å². The Balaban J connectivity index is 2.04. The minimum absolute atomic E-state index is 0.0276. The van der Waals surface area contributed by atoms with Gasteiger partial charge in [0.2, 0.25) is 10.0 Å². The number of nitrogens with two attached hydrogens (primary N) is 1. The van der Waals surface area contributed by atoms with Crippen LogP contribution in [0.3, 0.4) is 0 Å². The summed E-state index contributed by atoms with van der Waals surface area (Å²) in [4.78, 5) is 0.341. The molecule has 1 fully saturated rings. The van der Waals surface area contributed by atoms with Crippen LogP contribution in [0.15, 0.2) is 47.4 Å². The minimum Gasteiger partial charge on any atom is -0.325 e. The Kier molecular flexibility index (Phi) is 2.62. The number of nitrogens with zero attached hydrogens (tertiary/aromatic N) is 1. The molecule has 1 saturated heterocycles. The molecule has 94 valence electrons. The Morgan fingerprint density at radius 1 is 1.06 bits per heavy atom. The molecule has 0 amide bonds. The Morgan fingerprint density at radius 3 is 2.39 bits per heavy atom. The summed E-state index contributed by atoms with van der Waals surface area (Å²) in [5, 5.41) is 1.97. The lowest BCUT2D eigenvalue weighted by atomic mass is 10.1. The molecule has 0 spiro atoms. The van der Waals surface area contributed by atoms with E-state index in [1.165, 1.54) is 4.31 Å². The van der Waals surface area contributed by atoms with E-state index in [4.69, 9.17) is 5.73 Å². The summed E-state index contributed by atoms with van der Waals surface area (Å²) in [5.41, 5.74) is 5.63. The van der Waals surface area contributed by atoms with Crippen molar-refractivity contribution in [3.8, 4) is 0 Å². The SMILES string of the molecule is NC1CN(S(=O)(=O)c2ccc3ccccc3c2)C1. The molecule has 1 heterocycles. The fourth-order valence-corrected chi connectivity index (χ4v) is 3.73. The summed E-state index contributed by atoms with van der Waals surface area (Å²) < 4.78 is 26.0. The van der Waals surface area contributed by atoms with E-state index in [0.717, 1.165) is 10.8 Å². The van der Waals surface area contributed by atoms with Crippen molar-refractivity contribution < 1.29 is 8.42 Å². The second-order valence-electron chi connectivity index (χ2n) is 4.59. The zero-order valence-corrected chi connectivity index (χ0v) is 10.6. The number of sulfonamides is 1. The fraction of sp³-hybridized carbons (Fsp3) is 0.231. The highest BCUT2D eigenvalue weighted by Gasteiger charge is 2.34. The van der Waals surface area contributed by atoms with Crippen molar-refractivity contribution in [2.24, 2.45) is 5.73 Å². The Bertz CT molecular complexity index is 691. The van der Waals surface area contributed by atoms with Gasteiger partial charge < -0.3 is 5.73 Å². The maximum atomic E-state index is 12.3. The van der Waals surface area contributed by atoms with Gasteiger partial charge in [-0.25, -0.2) is 8.42 Å². The van der Waals surface area contributed by atoms with Crippen LogP contribution in [0.1, 0.15) is 0 Å². The van der Waals surface area contributed by atoms with Crippen LogP contribution < -0.4 is 5.73 Å². The van der Waals surface area contributed by atoms with Gasteiger partial charge in [0.25, 0.3) is 0 Å². The van der Waals surface area contributed by atoms with Gasteiger partial charge >= 0.3 is 0 Å². The Hall–Kier alpha value is -1.43. The first-order valence-corrected chi connectivity index (χ1v) is 7.26. The Labute approximate surface area is 106 Å². The van der Waals surface area contributed by atoms with Crippen LogP contribution in [0.4, 0.5) is 0 Å². The number of benzene rings is 2. The summed E-state index contributed by atoms with van der Waals surface area (Å²) in [5.74, 6) is 0. The summed E-state index contributed by atoms with van der Waals surface area (Å²) >= 11 is 0. The molecule has 0 aromatic heterocycles. The molecule has 4 nitrogen and oxygen atoms in total. The summed E-state index contributed by atoms with van der Waals surface area (Å²) in [7, 11) is -3.37. The normalized spacial score (nSPS) is 17.8. The van der Waals surface area contributed by atoms with E-state index in [9.17, 15) is 8.42 Å². The van der Waals surface area contributed by atoms with Gasteiger partial charge in [0, 0.05) is 19.1 Å². The molecule has 0 aliphatic carbocycles. The molecule has 3 rings (SSSR count). The number of fused-ring (bicyclic) bond motifs is 1. The predicted molar refractivity (Wildman–Crippen MR) is 70.7 cm³/mol. The molecule has 0 atom stereocenters. The summed E-state index contributed by atoms with van der Waals surface area (Å²) in [6, 6.07) is 12.9. The van der Waals surface area contributed by atoms with Gasteiger partial charge in [0.05, 0.1) is 4.90 Å². The van der Waals surface area contributed by atoms with Crippen molar-refractivity contribution in [3.05, 3.63) is 42.5 Å². The molecular weight excluding hydrogens is 248 g/mol. The molecule has 2 aromatic rings. The van der Waals surface area contributed by atoms with Gasteiger partial charge in [-0.2, -0.15) is 4.31 Å². The highest BCUT2D eigenvalue weighted by molar-refractivity contribution is 7.89. The van der Waals surface area contributed by atoms with Gasteiger partial charge in [0.15, 0.2) is 0 Å². The maximum absolute atomic E-state index is 12.3. The van der Waals surface area contributed by atoms with Gasteiger partial charge in [-0.05, 0) is 22.9 Å². The second kappa shape index (κ2) is 4.05. The summed E-state index contributed by atoms with van der Waals surface area (Å²) in [6.45, 7) is 0.824. The van der Waals surface area contributed by atoms with E-state index < -0.39 is 10.0 Å². The molecule has 0 bridgehead atoms. The quantitative estimate of drug-likeness (QED) is 0.883. The van der Waals surface area contributed by atoms with Crippen LogP contribution in [0.2, 0.25) is 0 Å². The lowest BCUT2D eigenvalue weighted by molar-refractivity contribution is 0.265. The van der Waals surface area contributed by atoms with Crippen LogP contribution >= 0.6 is 0 Å². The van der Waals surface area contributed by atoms with E-state index >= 15 is 0 Å². The van der Waals surface area contributed by atoms with Crippen LogP contribution in [-0.2, 0) is 10.0 Å². The van der Waals surface area contributed by atoms with Crippen LogP contribution in [0.5, 0.6) is 0 Å². The maximum Gasteiger partial charge on any atom is 0.243 e. The first-order chi connectivity index (χ1) is 8.57. The molecule has 0 saturated carbocycles. The molecule has 2 aromatic carbocycles. The third-order valence-electron chi connectivity index (χ3n) is 3.23. The van der Waals surface area contributed by atoms with E-state index in [1.807, 2.05) is 30.3 Å². The molecule has 5 heteroatoms. The van der Waals surface area contributed by atoms with E-state index in [2.05, 4.69) is 0 Å². The molecule has 18 heavy (non-hydrogen) atoms. The monoisotopic (exact) mass is 262 g/mol. The number of rotatable bonds is 2. The average Bonchev–Trinajstić information content (AvgIpc) is 2.34.